The van der Waals surface area contributed by atoms with Crippen molar-refractivity contribution in [1.82, 2.24) is 9.88 Å². The second-order valence-electron chi connectivity index (χ2n) is 8.27. The Balaban J connectivity index is 1.48. The van der Waals surface area contributed by atoms with Gasteiger partial charge < -0.3 is 18.9 Å². The molecule has 2 heterocycles. The van der Waals surface area contributed by atoms with Crippen LogP contribution in [-0.4, -0.2) is 82.3 Å². The van der Waals surface area contributed by atoms with Crippen LogP contribution >= 0.6 is 23.1 Å². The molecule has 1 aromatic heterocycles. The van der Waals surface area contributed by atoms with Crippen LogP contribution in [0.2, 0.25) is 0 Å². The Hall–Kier alpha value is -2.53. The molecule has 0 radical (unpaired) electrons. The lowest BCUT2D eigenvalue weighted by Gasteiger charge is -2.27. The molecule has 0 saturated carbocycles. The van der Waals surface area contributed by atoms with Gasteiger partial charge in [-0.05, 0) is 42.8 Å². The van der Waals surface area contributed by atoms with Crippen LogP contribution in [-0.2, 0) is 9.53 Å². The van der Waals surface area contributed by atoms with Gasteiger partial charge in [0.2, 0.25) is 5.91 Å². The number of hydrogen-bond donors (Lipinski definition) is 0. The quantitative estimate of drug-likeness (QED) is 0.315. The van der Waals surface area contributed by atoms with Crippen molar-refractivity contribution in [3.8, 4) is 17.2 Å². The second-order valence-corrected chi connectivity index (χ2v) is 10.4. The maximum atomic E-state index is 13.5. The molecule has 0 bridgehead atoms. The van der Waals surface area contributed by atoms with Gasteiger partial charge in [0, 0.05) is 43.2 Å². The lowest BCUT2D eigenvalue weighted by atomic mass is 10.3. The minimum atomic E-state index is 0.0648. The summed E-state index contributed by atoms with van der Waals surface area (Å²) in [4.78, 5) is 23.6. The summed E-state index contributed by atoms with van der Waals surface area (Å²) in [7, 11) is 4.92. The molecule has 3 aromatic rings. The third-order valence-corrected chi connectivity index (χ3v) is 8.14. The molecule has 1 amide bonds. The van der Waals surface area contributed by atoms with E-state index in [1.165, 1.54) is 11.3 Å². The first-order valence-corrected chi connectivity index (χ1v) is 13.8. The van der Waals surface area contributed by atoms with Crippen molar-refractivity contribution >= 4 is 44.4 Å². The molecule has 1 fully saturated rings. The SMILES string of the molecule is COc1ccc(SCCC(=O)N(CCCN2CCOCC2)c2nc3c(OC)ccc(OC)c3s2)cc1. The van der Waals surface area contributed by atoms with E-state index in [2.05, 4.69) is 4.90 Å². The van der Waals surface area contributed by atoms with Gasteiger partial charge in [0.25, 0.3) is 0 Å². The Morgan fingerprint density at radius 1 is 1.06 bits per heavy atom. The van der Waals surface area contributed by atoms with Crippen LogP contribution in [0, 0.1) is 0 Å². The number of fused-ring (bicyclic) bond motifs is 1. The predicted molar refractivity (Wildman–Crippen MR) is 145 cm³/mol. The fourth-order valence-corrected chi connectivity index (χ4v) is 6.02. The molecule has 0 atom stereocenters. The molecule has 8 nitrogen and oxygen atoms in total. The highest BCUT2D eigenvalue weighted by molar-refractivity contribution is 7.99. The van der Waals surface area contributed by atoms with E-state index < -0.39 is 0 Å². The van der Waals surface area contributed by atoms with E-state index in [0.717, 1.165) is 65.9 Å². The first kappa shape index (κ1) is 26.5. The van der Waals surface area contributed by atoms with Crippen LogP contribution in [0.5, 0.6) is 17.2 Å². The number of amides is 1. The number of thiazole rings is 1. The minimum Gasteiger partial charge on any atom is -0.497 e. The molecular formula is C26H33N3O5S2. The van der Waals surface area contributed by atoms with Crippen molar-refractivity contribution < 1.29 is 23.7 Å². The summed E-state index contributed by atoms with van der Waals surface area (Å²) in [5.41, 5.74) is 0.718. The molecule has 36 heavy (non-hydrogen) atoms. The molecule has 0 N–H and O–H groups in total. The monoisotopic (exact) mass is 531 g/mol. The number of anilines is 1. The molecule has 194 valence electrons. The Bertz CT molecular complexity index is 1090. The second kappa shape index (κ2) is 13.1. The van der Waals surface area contributed by atoms with Crippen LogP contribution in [0.1, 0.15) is 12.8 Å². The molecule has 2 aromatic carbocycles. The number of carbonyl (C=O) groups excluding carboxylic acids is 1. The van der Waals surface area contributed by atoms with Crippen LogP contribution in [0.4, 0.5) is 5.13 Å². The third kappa shape index (κ3) is 6.61. The summed E-state index contributed by atoms with van der Waals surface area (Å²) in [5.74, 6) is 2.97. The molecule has 4 rings (SSSR count). The number of benzene rings is 2. The average molecular weight is 532 g/mol. The van der Waals surface area contributed by atoms with Gasteiger partial charge in [0.05, 0.1) is 34.5 Å². The fourth-order valence-electron chi connectivity index (χ4n) is 4.06. The highest BCUT2D eigenvalue weighted by Gasteiger charge is 2.23. The van der Waals surface area contributed by atoms with E-state index in [-0.39, 0.29) is 5.91 Å². The molecule has 10 heteroatoms. The van der Waals surface area contributed by atoms with Gasteiger partial charge in [-0.15, -0.1) is 11.8 Å². The third-order valence-electron chi connectivity index (χ3n) is 6.03. The van der Waals surface area contributed by atoms with Crippen molar-refractivity contribution in [2.45, 2.75) is 17.7 Å². The molecule has 0 aliphatic carbocycles. The zero-order valence-electron chi connectivity index (χ0n) is 21.0. The van der Waals surface area contributed by atoms with E-state index in [9.17, 15) is 4.79 Å². The summed E-state index contributed by atoms with van der Waals surface area (Å²) in [6.07, 6.45) is 1.28. The maximum absolute atomic E-state index is 13.5. The lowest BCUT2D eigenvalue weighted by molar-refractivity contribution is -0.118. The predicted octanol–water partition coefficient (Wildman–Crippen LogP) is 4.56. The normalized spacial score (nSPS) is 14.1. The van der Waals surface area contributed by atoms with Crippen LogP contribution in [0.15, 0.2) is 41.3 Å². The molecule has 1 aliphatic rings. The topological polar surface area (TPSA) is 73.4 Å². The van der Waals surface area contributed by atoms with Gasteiger partial charge >= 0.3 is 0 Å². The molecule has 0 unspecified atom stereocenters. The Morgan fingerprint density at radius 3 is 2.47 bits per heavy atom. The first-order chi connectivity index (χ1) is 17.6. The Labute approximate surface area is 220 Å². The highest BCUT2D eigenvalue weighted by atomic mass is 32.2. The molecule has 1 aliphatic heterocycles. The number of carbonyl (C=O) groups is 1. The Morgan fingerprint density at radius 2 is 1.78 bits per heavy atom. The largest absolute Gasteiger partial charge is 0.497 e. The van der Waals surface area contributed by atoms with E-state index in [4.69, 9.17) is 23.9 Å². The summed E-state index contributed by atoms with van der Waals surface area (Å²) in [6, 6.07) is 11.6. The van der Waals surface area contributed by atoms with Gasteiger partial charge in [-0.2, -0.15) is 0 Å². The highest BCUT2D eigenvalue weighted by Crippen LogP contribution is 2.40. The number of nitrogens with zero attached hydrogens (tertiary/aromatic N) is 3. The van der Waals surface area contributed by atoms with Crippen LogP contribution in [0.3, 0.4) is 0 Å². The minimum absolute atomic E-state index is 0.0648. The van der Waals surface area contributed by atoms with Crippen molar-refractivity contribution in [1.29, 1.82) is 0 Å². The van der Waals surface area contributed by atoms with Crippen LogP contribution in [0.25, 0.3) is 10.2 Å². The Kier molecular flexibility index (Phi) is 9.68. The first-order valence-electron chi connectivity index (χ1n) is 12.0. The number of ether oxygens (including phenoxy) is 4. The standard InChI is InChI=1S/C26H33N3O5S2/c1-31-19-5-7-20(8-6-19)35-18-11-23(30)29(13-4-12-28-14-16-34-17-15-28)26-27-24-21(32-2)9-10-22(33-3)25(24)36-26/h5-10H,4,11-18H2,1-3H3. The van der Waals surface area contributed by atoms with Crippen molar-refractivity contribution in [2.24, 2.45) is 0 Å². The number of thioether (sulfide) groups is 1. The summed E-state index contributed by atoms with van der Waals surface area (Å²) in [5, 5.41) is 0.675. The summed E-state index contributed by atoms with van der Waals surface area (Å²) in [6.45, 7) is 4.93. The molecule has 1 saturated heterocycles. The zero-order valence-corrected chi connectivity index (χ0v) is 22.7. The van der Waals surface area contributed by atoms with Gasteiger partial charge in [-0.1, -0.05) is 11.3 Å². The lowest BCUT2D eigenvalue weighted by Crippen LogP contribution is -2.39. The van der Waals surface area contributed by atoms with Crippen molar-refractivity contribution in [3.63, 3.8) is 0 Å². The fraction of sp³-hybridized carbons (Fsp3) is 0.462. The van der Waals surface area contributed by atoms with Gasteiger partial charge in [-0.25, -0.2) is 4.98 Å². The average Bonchev–Trinajstić information content (AvgIpc) is 3.36. The number of aromatic nitrogens is 1. The van der Waals surface area contributed by atoms with E-state index in [1.807, 2.05) is 41.3 Å². The number of hydrogen-bond acceptors (Lipinski definition) is 9. The van der Waals surface area contributed by atoms with Gasteiger partial charge in [-0.3, -0.25) is 14.6 Å². The van der Waals surface area contributed by atoms with Crippen molar-refractivity contribution in [2.75, 3.05) is 71.4 Å². The summed E-state index contributed by atoms with van der Waals surface area (Å²) < 4.78 is 22.6. The molecule has 0 spiro atoms. The smallest absolute Gasteiger partial charge is 0.229 e. The van der Waals surface area contributed by atoms with E-state index in [1.54, 1.807) is 33.1 Å². The van der Waals surface area contributed by atoms with Crippen molar-refractivity contribution in [3.05, 3.63) is 36.4 Å². The van der Waals surface area contributed by atoms with E-state index in [0.29, 0.717) is 29.6 Å². The van der Waals surface area contributed by atoms with E-state index >= 15 is 0 Å². The number of rotatable bonds is 12. The van der Waals surface area contributed by atoms with Gasteiger partial charge in [0.1, 0.15) is 27.5 Å². The number of methoxy groups -OCH3 is 3. The van der Waals surface area contributed by atoms with Gasteiger partial charge in [0.15, 0.2) is 5.13 Å². The summed E-state index contributed by atoms with van der Waals surface area (Å²) >= 11 is 3.13. The zero-order chi connectivity index (χ0) is 25.3. The maximum Gasteiger partial charge on any atom is 0.229 e. The van der Waals surface area contributed by atoms with Crippen LogP contribution < -0.4 is 19.1 Å². The molecular weight excluding hydrogens is 498 g/mol. The number of morpholine rings is 1.